The van der Waals surface area contributed by atoms with Gasteiger partial charge in [0.1, 0.15) is 0 Å². The number of nitrogens with zero attached hydrogens (tertiary/aromatic N) is 2. The number of rotatable bonds is 1. The SMILES string of the molecule is CC(C)=NC(=N)Nc1cn[nH]c1. The lowest BCUT2D eigenvalue weighted by molar-refractivity contribution is 1.09. The minimum Gasteiger partial charge on any atom is -0.322 e. The highest BCUT2D eigenvalue weighted by Crippen LogP contribution is 2.00. The van der Waals surface area contributed by atoms with Gasteiger partial charge in [0.15, 0.2) is 0 Å². The summed E-state index contributed by atoms with van der Waals surface area (Å²) < 4.78 is 0. The summed E-state index contributed by atoms with van der Waals surface area (Å²) in [5, 5.41) is 16.5. The van der Waals surface area contributed by atoms with E-state index in [-0.39, 0.29) is 5.96 Å². The van der Waals surface area contributed by atoms with Crippen molar-refractivity contribution in [3.8, 4) is 0 Å². The van der Waals surface area contributed by atoms with Gasteiger partial charge >= 0.3 is 0 Å². The Hall–Kier alpha value is -1.65. The molecule has 0 radical (unpaired) electrons. The van der Waals surface area contributed by atoms with Crippen LogP contribution in [-0.4, -0.2) is 21.9 Å². The molecule has 64 valence electrons. The molecule has 5 heteroatoms. The Bertz CT molecular complexity index is 281. The predicted molar refractivity (Wildman–Crippen MR) is 48.7 cm³/mol. The number of aliphatic imine (C=N–C) groups is 1. The van der Waals surface area contributed by atoms with Crippen LogP contribution < -0.4 is 5.32 Å². The summed E-state index contributed by atoms with van der Waals surface area (Å²) >= 11 is 0. The molecule has 1 aromatic heterocycles. The number of hydrogen-bond donors (Lipinski definition) is 3. The van der Waals surface area contributed by atoms with Crippen molar-refractivity contribution in [2.24, 2.45) is 4.99 Å². The molecule has 0 bridgehead atoms. The third kappa shape index (κ3) is 2.53. The van der Waals surface area contributed by atoms with Crippen LogP contribution in [0, 0.1) is 5.41 Å². The van der Waals surface area contributed by atoms with Crippen LogP contribution in [0.3, 0.4) is 0 Å². The molecule has 1 aromatic rings. The predicted octanol–water partition coefficient (Wildman–Crippen LogP) is 1.24. The number of aromatic amines is 1. The molecule has 0 fully saturated rings. The molecule has 1 heterocycles. The van der Waals surface area contributed by atoms with Gasteiger partial charge in [-0.2, -0.15) is 5.10 Å². The second-order valence-corrected chi connectivity index (χ2v) is 2.52. The van der Waals surface area contributed by atoms with Gasteiger partial charge in [-0.25, -0.2) is 4.99 Å². The van der Waals surface area contributed by atoms with E-state index in [1.54, 1.807) is 12.4 Å². The van der Waals surface area contributed by atoms with Crippen LogP contribution in [-0.2, 0) is 0 Å². The molecule has 0 aromatic carbocycles. The van der Waals surface area contributed by atoms with Crippen molar-refractivity contribution < 1.29 is 0 Å². The second kappa shape index (κ2) is 3.66. The Kier molecular flexibility index (Phi) is 2.57. The summed E-state index contributed by atoms with van der Waals surface area (Å²) in [5.41, 5.74) is 1.58. The Morgan fingerprint density at radius 2 is 2.42 bits per heavy atom. The molecule has 0 aliphatic carbocycles. The van der Waals surface area contributed by atoms with Crippen LogP contribution in [0.4, 0.5) is 5.69 Å². The van der Waals surface area contributed by atoms with Crippen LogP contribution in [0.5, 0.6) is 0 Å². The first kappa shape index (κ1) is 8.45. The van der Waals surface area contributed by atoms with Crippen molar-refractivity contribution in [1.29, 1.82) is 5.41 Å². The van der Waals surface area contributed by atoms with E-state index in [0.717, 1.165) is 11.4 Å². The molecule has 0 amide bonds. The Balaban J connectivity index is 2.54. The maximum absolute atomic E-state index is 7.36. The molecule has 0 spiro atoms. The van der Waals surface area contributed by atoms with Gasteiger partial charge in [-0.3, -0.25) is 10.5 Å². The molecule has 5 nitrogen and oxygen atoms in total. The van der Waals surface area contributed by atoms with E-state index < -0.39 is 0 Å². The maximum Gasteiger partial charge on any atom is 0.219 e. The fraction of sp³-hybridized carbons (Fsp3) is 0.286. The van der Waals surface area contributed by atoms with E-state index >= 15 is 0 Å². The van der Waals surface area contributed by atoms with Gasteiger partial charge in [0.2, 0.25) is 5.96 Å². The lowest BCUT2D eigenvalue weighted by Gasteiger charge is -1.98. The summed E-state index contributed by atoms with van der Waals surface area (Å²) in [6.45, 7) is 3.68. The Morgan fingerprint density at radius 3 is 2.92 bits per heavy atom. The van der Waals surface area contributed by atoms with Gasteiger partial charge in [-0.1, -0.05) is 0 Å². The van der Waals surface area contributed by atoms with Gasteiger partial charge in [-0.15, -0.1) is 0 Å². The number of hydrogen-bond acceptors (Lipinski definition) is 2. The van der Waals surface area contributed by atoms with Crippen LogP contribution in [0.2, 0.25) is 0 Å². The lowest BCUT2D eigenvalue weighted by atomic mass is 10.5. The second-order valence-electron chi connectivity index (χ2n) is 2.52. The third-order valence-corrected chi connectivity index (χ3v) is 1.10. The average Bonchev–Trinajstić information content (AvgIpc) is 2.37. The minimum atomic E-state index is 0.122. The molecule has 0 atom stereocenters. The zero-order chi connectivity index (χ0) is 8.97. The Morgan fingerprint density at radius 1 is 1.67 bits per heavy atom. The summed E-state index contributed by atoms with van der Waals surface area (Å²) in [7, 11) is 0. The van der Waals surface area contributed by atoms with E-state index in [0.29, 0.717) is 0 Å². The zero-order valence-electron chi connectivity index (χ0n) is 7.05. The molecule has 0 saturated carbocycles. The van der Waals surface area contributed by atoms with E-state index in [2.05, 4.69) is 20.5 Å². The largest absolute Gasteiger partial charge is 0.322 e. The molecular weight excluding hydrogens is 154 g/mol. The first-order valence-electron chi connectivity index (χ1n) is 3.55. The number of anilines is 1. The highest BCUT2D eigenvalue weighted by molar-refractivity contribution is 6.00. The van der Waals surface area contributed by atoms with E-state index in [1.807, 2.05) is 13.8 Å². The minimum absolute atomic E-state index is 0.122. The van der Waals surface area contributed by atoms with Gasteiger partial charge in [0.05, 0.1) is 11.9 Å². The van der Waals surface area contributed by atoms with E-state index in [9.17, 15) is 0 Å². The van der Waals surface area contributed by atoms with Crippen molar-refractivity contribution in [3.05, 3.63) is 12.4 Å². The number of aromatic nitrogens is 2. The third-order valence-electron chi connectivity index (χ3n) is 1.10. The fourth-order valence-corrected chi connectivity index (χ4v) is 0.708. The zero-order valence-corrected chi connectivity index (χ0v) is 7.05. The van der Waals surface area contributed by atoms with Crippen molar-refractivity contribution in [2.75, 3.05) is 5.32 Å². The molecule has 12 heavy (non-hydrogen) atoms. The van der Waals surface area contributed by atoms with Crippen LogP contribution in [0.25, 0.3) is 0 Å². The summed E-state index contributed by atoms with van der Waals surface area (Å²) in [6.07, 6.45) is 3.25. The molecule has 3 N–H and O–H groups in total. The van der Waals surface area contributed by atoms with Crippen molar-refractivity contribution in [3.63, 3.8) is 0 Å². The first-order chi connectivity index (χ1) is 5.68. The molecular formula is C7H11N5. The quantitative estimate of drug-likeness (QED) is 0.432. The smallest absolute Gasteiger partial charge is 0.219 e. The van der Waals surface area contributed by atoms with Crippen LogP contribution >= 0.6 is 0 Å². The van der Waals surface area contributed by atoms with Crippen LogP contribution in [0.1, 0.15) is 13.8 Å². The van der Waals surface area contributed by atoms with Gasteiger partial charge in [-0.05, 0) is 13.8 Å². The molecule has 0 unspecified atom stereocenters. The van der Waals surface area contributed by atoms with E-state index in [4.69, 9.17) is 5.41 Å². The first-order valence-corrected chi connectivity index (χ1v) is 3.55. The molecule has 0 aliphatic heterocycles. The monoisotopic (exact) mass is 165 g/mol. The number of nitrogens with one attached hydrogen (secondary N) is 3. The summed E-state index contributed by atoms with van der Waals surface area (Å²) in [6, 6.07) is 0. The van der Waals surface area contributed by atoms with Crippen LogP contribution in [0.15, 0.2) is 17.4 Å². The summed E-state index contributed by atoms with van der Waals surface area (Å²) in [5.74, 6) is 0.122. The standard InChI is InChI=1S/C7H11N5/c1-5(2)11-7(8)12-6-3-9-10-4-6/h3-4H,1-2H3,(H2,8,12)(H,9,10). The Labute approximate surface area is 70.4 Å². The lowest BCUT2D eigenvalue weighted by Crippen LogP contribution is -2.08. The fourth-order valence-electron chi connectivity index (χ4n) is 0.708. The van der Waals surface area contributed by atoms with Crippen molar-refractivity contribution in [1.82, 2.24) is 10.2 Å². The van der Waals surface area contributed by atoms with Crippen molar-refractivity contribution in [2.45, 2.75) is 13.8 Å². The molecule has 1 rings (SSSR count). The van der Waals surface area contributed by atoms with Gasteiger partial charge in [0.25, 0.3) is 0 Å². The van der Waals surface area contributed by atoms with Gasteiger partial charge < -0.3 is 5.32 Å². The highest BCUT2D eigenvalue weighted by Gasteiger charge is 1.95. The maximum atomic E-state index is 7.36. The van der Waals surface area contributed by atoms with Crippen molar-refractivity contribution >= 4 is 17.4 Å². The summed E-state index contributed by atoms with van der Waals surface area (Å²) in [4.78, 5) is 3.90. The van der Waals surface area contributed by atoms with Gasteiger partial charge in [0, 0.05) is 11.9 Å². The number of guanidine groups is 1. The highest BCUT2D eigenvalue weighted by atomic mass is 15.2. The molecule has 0 aliphatic rings. The topological polar surface area (TPSA) is 76.9 Å². The van der Waals surface area contributed by atoms with E-state index in [1.165, 1.54) is 0 Å². The number of H-pyrrole nitrogens is 1. The normalized spacial score (nSPS) is 9.17. The average molecular weight is 165 g/mol. The molecule has 0 saturated heterocycles.